The average molecular weight is 325 g/mol. The van der Waals surface area contributed by atoms with E-state index in [0.717, 1.165) is 30.2 Å². The lowest BCUT2D eigenvalue weighted by Gasteiger charge is -2.34. The average Bonchev–Trinajstić information content (AvgIpc) is 2.35. The molecule has 3 nitrogen and oxygen atoms in total. The van der Waals surface area contributed by atoms with Gasteiger partial charge in [-0.15, -0.1) is 0 Å². The summed E-state index contributed by atoms with van der Waals surface area (Å²) >= 11 is 3.40. The highest BCUT2D eigenvalue weighted by atomic mass is 79.9. The van der Waals surface area contributed by atoms with Crippen molar-refractivity contribution in [1.82, 2.24) is 5.32 Å². The topological polar surface area (TPSA) is 55.1 Å². The zero-order valence-corrected chi connectivity index (χ0v) is 13.1. The molecule has 2 rings (SSSR count). The molecule has 0 spiro atoms. The summed E-state index contributed by atoms with van der Waals surface area (Å²) in [5.74, 6) is -0.0381. The molecular weight excluding hydrogens is 304 g/mol. The van der Waals surface area contributed by atoms with Gasteiger partial charge < -0.3 is 11.1 Å². The number of hydrogen-bond acceptors (Lipinski definition) is 2. The maximum atomic E-state index is 12.3. The molecule has 19 heavy (non-hydrogen) atoms. The quantitative estimate of drug-likeness (QED) is 0.814. The molecule has 0 bridgehead atoms. The molecule has 0 unspecified atom stereocenters. The molecule has 1 fully saturated rings. The van der Waals surface area contributed by atoms with Gasteiger partial charge in [0.15, 0.2) is 0 Å². The maximum Gasteiger partial charge on any atom is 0.252 e. The first kappa shape index (κ1) is 14.4. The van der Waals surface area contributed by atoms with Crippen LogP contribution in [0.4, 0.5) is 5.69 Å². The fourth-order valence-electron chi connectivity index (χ4n) is 2.52. The Labute approximate surface area is 123 Å². The Kier molecular flexibility index (Phi) is 4.19. The third kappa shape index (κ3) is 3.72. The molecule has 1 aromatic carbocycles. The summed E-state index contributed by atoms with van der Waals surface area (Å²) in [5.41, 5.74) is 7.37. The summed E-state index contributed by atoms with van der Waals surface area (Å²) in [6.07, 6.45) is 4.43. The molecule has 0 heterocycles. The highest BCUT2D eigenvalue weighted by molar-refractivity contribution is 9.10. The van der Waals surface area contributed by atoms with Crippen molar-refractivity contribution < 1.29 is 4.79 Å². The van der Waals surface area contributed by atoms with Crippen molar-refractivity contribution in [3.63, 3.8) is 0 Å². The molecule has 0 aliphatic heterocycles. The van der Waals surface area contributed by atoms with Crippen LogP contribution in [0, 0.1) is 5.41 Å². The fourth-order valence-corrected chi connectivity index (χ4v) is 2.95. The van der Waals surface area contributed by atoms with Crippen LogP contribution in [0.5, 0.6) is 0 Å². The third-order valence-electron chi connectivity index (χ3n) is 3.91. The van der Waals surface area contributed by atoms with Crippen LogP contribution in [0.2, 0.25) is 0 Å². The van der Waals surface area contributed by atoms with Crippen molar-refractivity contribution in [3.8, 4) is 0 Å². The molecule has 0 aromatic heterocycles. The van der Waals surface area contributed by atoms with Gasteiger partial charge in [0.25, 0.3) is 5.91 Å². The second kappa shape index (κ2) is 5.53. The highest BCUT2D eigenvalue weighted by Gasteiger charge is 2.27. The van der Waals surface area contributed by atoms with Crippen LogP contribution < -0.4 is 11.1 Å². The van der Waals surface area contributed by atoms with Crippen molar-refractivity contribution in [1.29, 1.82) is 0 Å². The molecule has 1 aliphatic rings. The van der Waals surface area contributed by atoms with Crippen LogP contribution in [0.1, 0.15) is 49.9 Å². The van der Waals surface area contributed by atoms with E-state index >= 15 is 0 Å². The number of carbonyl (C=O) groups excluding carboxylic acids is 1. The number of rotatable bonds is 2. The normalized spacial score (nSPS) is 19.1. The predicted octanol–water partition coefficient (Wildman–Crippen LogP) is 3.73. The number of nitrogen functional groups attached to an aromatic ring is 1. The lowest BCUT2D eigenvalue weighted by Crippen LogP contribution is -2.39. The number of anilines is 1. The summed E-state index contributed by atoms with van der Waals surface area (Å²) in [5, 5.41) is 3.12. The van der Waals surface area contributed by atoms with E-state index < -0.39 is 0 Å². The third-order valence-corrected chi connectivity index (χ3v) is 4.60. The Hall–Kier alpha value is -1.03. The van der Waals surface area contributed by atoms with Crippen molar-refractivity contribution in [3.05, 3.63) is 28.2 Å². The summed E-state index contributed by atoms with van der Waals surface area (Å²) in [7, 11) is 0. The largest absolute Gasteiger partial charge is 0.399 e. The van der Waals surface area contributed by atoms with E-state index in [0.29, 0.717) is 16.7 Å². The number of amides is 1. The number of carbonyl (C=O) groups is 1. The van der Waals surface area contributed by atoms with E-state index in [1.807, 2.05) is 6.07 Å². The van der Waals surface area contributed by atoms with E-state index in [-0.39, 0.29) is 11.9 Å². The van der Waals surface area contributed by atoms with Crippen LogP contribution in [-0.4, -0.2) is 11.9 Å². The minimum Gasteiger partial charge on any atom is -0.399 e. The molecule has 1 amide bonds. The number of halogens is 1. The first-order chi connectivity index (χ1) is 8.87. The minimum absolute atomic E-state index is 0.0381. The Morgan fingerprint density at radius 3 is 2.63 bits per heavy atom. The van der Waals surface area contributed by atoms with E-state index in [9.17, 15) is 4.79 Å². The second-order valence-electron chi connectivity index (χ2n) is 6.15. The first-order valence-electron chi connectivity index (χ1n) is 6.73. The molecule has 0 saturated heterocycles. The molecule has 1 aliphatic carbocycles. The Balaban J connectivity index is 2.00. The zero-order valence-electron chi connectivity index (χ0n) is 11.5. The van der Waals surface area contributed by atoms with Gasteiger partial charge in [-0.2, -0.15) is 0 Å². The molecule has 0 atom stereocenters. The minimum atomic E-state index is -0.0381. The second-order valence-corrected chi connectivity index (χ2v) is 7.01. The van der Waals surface area contributed by atoms with Crippen molar-refractivity contribution >= 4 is 27.5 Å². The van der Waals surface area contributed by atoms with Gasteiger partial charge in [-0.1, -0.05) is 13.8 Å². The van der Waals surface area contributed by atoms with E-state index in [1.54, 1.807) is 12.1 Å². The van der Waals surface area contributed by atoms with Gasteiger partial charge in [0.05, 0.1) is 5.56 Å². The van der Waals surface area contributed by atoms with Crippen molar-refractivity contribution in [2.75, 3.05) is 5.73 Å². The molecule has 104 valence electrons. The van der Waals surface area contributed by atoms with Crippen molar-refractivity contribution in [2.24, 2.45) is 5.41 Å². The Morgan fingerprint density at radius 2 is 2.00 bits per heavy atom. The maximum absolute atomic E-state index is 12.3. The summed E-state index contributed by atoms with van der Waals surface area (Å²) in [6, 6.07) is 5.60. The van der Waals surface area contributed by atoms with Crippen LogP contribution in [-0.2, 0) is 0 Å². The number of nitrogens with one attached hydrogen (secondary N) is 1. The summed E-state index contributed by atoms with van der Waals surface area (Å²) in [6.45, 7) is 4.58. The monoisotopic (exact) mass is 324 g/mol. The van der Waals surface area contributed by atoms with Gasteiger partial charge in [-0.25, -0.2) is 0 Å². The lowest BCUT2D eigenvalue weighted by atomic mass is 9.75. The SMILES string of the molecule is CC1(C)CCC(NC(=O)c2cc(N)ccc2Br)CC1. The Bertz CT molecular complexity index is 475. The number of benzene rings is 1. The van der Waals surface area contributed by atoms with Crippen LogP contribution in [0.3, 0.4) is 0 Å². The summed E-state index contributed by atoms with van der Waals surface area (Å²) < 4.78 is 0.787. The molecule has 1 saturated carbocycles. The van der Waals surface area contributed by atoms with Crippen molar-refractivity contribution in [2.45, 2.75) is 45.6 Å². The molecule has 3 N–H and O–H groups in total. The smallest absolute Gasteiger partial charge is 0.252 e. The molecule has 1 aromatic rings. The Morgan fingerprint density at radius 1 is 1.37 bits per heavy atom. The van der Waals surface area contributed by atoms with E-state index in [1.165, 1.54) is 0 Å². The van der Waals surface area contributed by atoms with Crippen LogP contribution in [0.15, 0.2) is 22.7 Å². The van der Waals surface area contributed by atoms with Gasteiger partial charge in [-0.3, -0.25) is 4.79 Å². The number of nitrogens with two attached hydrogens (primary N) is 1. The van der Waals surface area contributed by atoms with E-state index in [2.05, 4.69) is 35.1 Å². The van der Waals surface area contributed by atoms with Gasteiger partial charge in [-0.05, 0) is 65.2 Å². The highest BCUT2D eigenvalue weighted by Crippen LogP contribution is 2.35. The summed E-state index contributed by atoms with van der Waals surface area (Å²) in [4.78, 5) is 12.3. The number of hydrogen-bond donors (Lipinski definition) is 2. The zero-order chi connectivity index (χ0) is 14.0. The first-order valence-corrected chi connectivity index (χ1v) is 7.53. The standard InChI is InChI=1S/C15H21BrN2O/c1-15(2)7-5-11(6-8-15)18-14(19)12-9-10(17)3-4-13(12)16/h3-4,9,11H,5-8,17H2,1-2H3,(H,18,19). The molecular formula is C15H21BrN2O. The van der Waals surface area contributed by atoms with Gasteiger partial charge >= 0.3 is 0 Å². The predicted molar refractivity (Wildman–Crippen MR) is 82.1 cm³/mol. The fraction of sp³-hybridized carbons (Fsp3) is 0.533. The van der Waals surface area contributed by atoms with Gasteiger partial charge in [0, 0.05) is 16.2 Å². The lowest BCUT2D eigenvalue weighted by molar-refractivity contribution is 0.0908. The molecule has 0 radical (unpaired) electrons. The van der Waals surface area contributed by atoms with Gasteiger partial charge in [0.1, 0.15) is 0 Å². The van der Waals surface area contributed by atoms with E-state index in [4.69, 9.17) is 5.73 Å². The molecule has 4 heteroatoms. The van der Waals surface area contributed by atoms with Crippen LogP contribution >= 0.6 is 15.9 Å². The van der Waals surface area contributed by atoms with Gasteiger partial charge in [0.2, 0.25) is 0 Å². The van der Waals surface area contributed by atoms with Crippen LogP contribution in [0.25, 0.3) is 0 Å².